The number of nitrogens with two attached hydrogens (primary N) is 2. The fraction of sp³-hybridized carbons (Fsp3) is 0.600. The normalized spacial score (nSPS) is 15.2. The molecule has 15 nitrogen and oxygen atoms in total. The Morgan fingerprint density at radius 2 is 1.69 bits per heavy atom. The number of aliphatic hydroxyl groups excluding tert-OH is 1. The maximum absolute atomic E-state index is 12.9. The molecule has 0 aliphatic heterocycles. The molecule has 0 aromatic carbocycles. The minimum absolute atomic E-state index is 0.0850. The average Bonchev–Trinajstić information content (AvgIpc) is 3.28. The Balaban J connectivity index is 2.95. The highest BCUT2D eigenvalue weighted by Crippen LogP contribution is 2.06. The summed E-state index contributed by atoms with van der Waals surface area (Å²) in [6.45, 7) is 1.54. The zero-order valence-electron chi connectivity index (χ0n) is 19.3. The van der Waals surface area contributed by atoms with Crippen molar-refractivity contribution in [3.63, 3.8) is 0 Å². The fourth-order valence-corrected chi connectivity index (χ4v) is 3.06. The Morgan fingerprint density at radius 3 is 2.20 bits per heavy atom. The van der Waals surface area contributed by atoms with Gasteiger partial charge in [0.1, 0.15) is 18.1 Å². The summed E-state index contributed by atoms with van der Waals surface area (Å²) in [6, 6.07) is -5.54. The van der Waals surface area contributed by atoms with E-state index in [4.69, 9.17) is 16.6 Å². The smallest absolute Gasteiger partial charge is 0.326 e. The van der Waals surface area contributed by atoms with E-state index in [-0.39, 0.29) is 12.8 Å². The van der Waals surface area contributed by atoms with Crippen LogP contribution >= 0.6 is 0 Å². The lowest BCUT2D eigenvalue weighted by atomic mass is 10.0. The second-order valence-corrected chi connectivity index (χ2v) is 7.96. The zero-order chi connectivity index (χ0) is 26.5. The first-order valence-electron chi connectivity index (χ1n) is 10.9. The van der Waals surface area contributed by atoms with Gasteiger partial charge in [0.25, 0.3) is 0 Å². The van der Waals surface area contributed by atoms with E-state index in [1.54, 1.807) is 0 Å². The van der Waals surface area contributed by atoms with Crippen LogP contribution in [0.15, 0.2) is 12.5 Å². The van der Waals surface area contributed by atoms with Gasteiger partial charge in [-0.15, -0.1) is 0 Å². The lowest BCUT2D eigenvalue weighted by Crippen LogP contribution is -2.60. The van der Waals surface area contributed by atoms with E-state index >= 15 is 0 Å². The molecule has 1 aromatic rings. The molecule has 196 valence electrons. The first-order chi connectivity index (χ1) is 16.5. The van der Waals surface area contributed by atoms with E-state index in [1.807, 2.05) is 0 Å². The molecule has 0 spiro atoms. The van der Waals surface area contributed by atoms with Crippen LogP contribution in [0.2, 0.25) is 0 Å². The molecule has 0 aliphatic carbocycles. The predicted molar refractivity (Wildman–Crippen MR) is 121 cm³/mol. The summed E-state index contributed by atoms with van der Waals surface area (Å²) in [7, 11) is 0. The number of rotatable bonds is 16. The number of aliphatic carboxylic acids is 2. The van der Waals surface area contributed by atoms with E-state index in [2.05, 4.69) is 25.9 Å². The van der Waals surface area contributed by atoms with Gasteiger partial charge in [-0.05, 0) is 32.7 Å². The second kappa shape index (κ2) is 14.6. The number of aliphatic hydroxyl groups is 1. The van der Waals surface area contributed by atoms with Crippen LogP contribution in [0.5, 0.6) is 0 Å². The molecule has 1 rings (SSSR count). The number of hydrogen-bond acceptors (Lipinski definition) is 9. The van der Waals surface area contributed by atoms with Crippen LogP contribution in [0.3, 0.4) is 0 Å². The molecule has 35 heavy (non-hydrogen) atoms. The van der Waals surface area contributed by atoms with Gasteiger partial charge in [0.15, 0.2) is 0 Å². The van der Waals surface area contributed by atoms with Gasteiger partial charge in [-0.2, -0.15) is 0 Å². The van der Waals surface area contributed by atoms with Crippen molar-refractivity contribution in [1.29, 1.82) is 0 Å². The molecule has 1 aromatic heterocycles. The number of imidazole rings is 1. The summed E-state index contributed by atoms with van der Waals surface area (Å²) in [5.41, 5.74) is 11.4. The topological polar surface area (TPSA) is 263 Å². The molecule has 1 heterocycles. The van der Waals surface area contributed by atoms with E-state index in [0.717, 1.165) is 0 Å². The summed E-state index contributed by atoms with van der Waals surface area (Å²) >= 11 is 0. The molecule has 15 heteroatoms. The van der Waals surface area contributed by atoms with E-state index < -0.39 is 66.4 Å². The number of nitrogens with one attached hydrogen (secondary N) is 4. The Labute approximate surface area is 201 Å². The highest BCUT2D eigenvalue weighted by atomic mass is 16.4. The first kappa shape index (κ1) is 29.5. The third-order valence-corrected chi connectivity index (χ3v) is 4.97. The first-order valence-corrected chi connectivity index (χ1v) is 10.9. The second-order valence-electron chi connectivity index (χ2n) is 7.96. The summed E-state index contributed by atoms with van der Waals surface area (Å²) in [4.78, 5) is 66.8. The van der Waals surface area contributed by atoms with Gasteiger partial charge < -0.3 is 47.7 Å². The fourth-order valence-electron chi connectivity index (χ4n) is 3.06. The average molecular weight is 500 g/mol. The van der Waals surface area contributed by atoms with Gasteiger partial charge in [0, 0.05) is 18.3 Å². The van der Waals surface area contributed by atoms with Gasteiger partial charge in [-0.1, -0.05) is 0 Å². The van der Waals surface area contributed by atoms with Crippen molar-refractivity contribution in [2.24, 2.45) is 11.5 Å². The summed E-state index contributed by atoms with van der Waals surface area (Å²) < 4.78 is 0. The van der Waals surface area contributed by atoms with Crippen molar-refractivity contribution in [1.82, 2.24) is 25.9 Å². The van der Waals surface area contributed by atoms with Crippen LogP contribution in [0.1, 0.15) is 38.3 Å². The van der Waals surface area contributed by atoms with Crippen molar-refractivity contribution >= 4 is 29.7 Å². The van der Waals surface area contributed by atoms with Gasteiger partial charge >= 0.3 is 11.9 Å². The van der Waals surface area contributed by atoms with Crippen molar-refractivity contribution in [3.05, 3.63) is 18.2 Å². The Hall–Kier alpha value is -3.56. The number of amides is 3. The zero-order valence-corrected chi connectivity index (χ0v) is 19.3. The molecule has 0 radical (unpaired) electrons. The lowest BCUT2D eigenvalue weighted by Gasteiger charge is -2.26. The maximum atomic E-state index is 12.9. The molecule has 0 fully saturated rings. The molecule has 5 atom stereocenters. The van der Waals surface area contributed by atoms with Gasteiger partial charge in [-0.25, -0.2) is 9.78 Å². The highest BCUT2D eigenvalue weighted by Gasteiger charge is 2.32. The molecule has 0 saturated carbocycles. The van der Waals surface area contributed by atoms with Crippen LogP contribution in [-0.2, 0) is 30.4 Å². The summed E-state index contributed by atoms with van der Waals surface area (Å²) in [6.07, 6.45) is 1.61. The van der Waals surface area contributed by atoms with Crippen LogP contribution in [0, 0.1) is 0 Å². The number of aromatic nitrogens is 2. The van der Waals surface area contributed by atoms with Crippen LogP contribution in [0.4, 0.5) is 0 Å². The minimum atomic E-state index is -1.55. The number of H-pyrrole nitrogens is 1. The van der Waals surface area contributed by atoms with Crippen molar-refractivity contribution in [2.75, 3.05) is 6.54 Å². The highest BCUT2D eigenvalue weighted by molar-refractivity contribution is 5.95. The SMILES string of the molecule is CC(O)C(NC(=O)C(N)CC(=O)O)C(=O)NC(CCCCN)C(=O)NC(Cc1cnc[nH]1)C(=O)O. The summed E-state index contributed by atoms with van der Waals surface area (Å²) in [5.74, 6) is -5.35. The van der Waals surface area contributed by atoms with Crippen molar-refractivity contribution < 1.29 is 39.3 Å². The largest absolute Gasteiger partial charge is 0.481 e. The number of carboxylic acid groups (broad SMARTS) is 2. The van der Waals surface area contributed by atoms with Crippen LogP contribution < -0.4 is 27.4 Å². The molecule has 0 aliphatic rings. The number of carbonyl (C=O) groups is 5. The number of aromatic amines is 1. The number of carboxylic acids is 2. The van der Waals surface area contributed by atoms with E-state index in [9.17, 15) is 34.2 Å². The Bertz CT molecular complexity index is 862. The monoisotopic (exact) mass is 499 g/mol. The van der Waals surface area contributed by atoms with Crippen LogP contribution in [-0.4, -0.2) is 91.8 Å². The van der Waals surface area contributed by atoms with Crippen LogP contribution in [0.25, 0.3) is 0 Å². The summed E-state index contributed by atoms with van der Waals surface area (Å²) in [5, 5.41) is 35.2. The molecule has 5 unspecified atom stereocenters. The molecule has 0 saturated heterocycles. The molecule has 11 N–H and O–H groups in total. The van der Waals surface area contributed by atoms with Gasteiger partial charge in [-0.3, -0.25) is 19.2 Å². The molecular weight excluding hydrogens is 466 g/mol. The third kappa shape index (κ3) is 10.5. The standard InChI is InChI=1S/C20H33N7O8/c1-10(28)16(27-17(31)12(22)7-15(29)30)19(33)25-13(4-2-3-5-21)18(32)26-14(20(34)35)6-11-8-23-9-24-11/h8-10,12-14,16,28H,2-7,21-22H2,1H3,(H,23,24)(H,25,33)(H,26,32)(H,27,31)(H,29,30)(H,34,35). The number of hydrogen-bond donors (Lipinski definition) is 9. The van der Waals surface area contributed by atoms with Gasteiger partial charge in [0.05, 0.1) is 24.9 Å². The quantitative estimate of drug-likeness (QED) is 0.102. The van der Waals surface area contributed by atoms with Crippen molar-refractivity contribution in [2.45, 2.75) is 69.3 Å². The van der Waals surface area contributed by atoms with Crippen molar-refractivity contribution in [3.8, 4) is 0 Å². The maximum Gasteiger partial charge on any atom is 0.326 e. The number of nitrogens with zero attached hydrogens (tertiary/aromatic N) is 1. The minimum Gasteiger partial charge on any atom is -0.481 e. The van der Waals surface area contributed by atoms with E-state index in [1.165, 1.54) is 19.4 Å². The lowest BCUT2D eigenvalue weighted by molar-refractivity contribution is -0.142. The Kier molecular flexibility index (Phi) is 12.3. The molecular formula is C20H33N7O8. The Morgan fingerprint density at radius 1 is 1.03 bits per heavy atom. The number of unbranched alkanes of at least 4 members (excludes halogenated alkanes) is 1. The predicted octanol–water partition coefficient (Wildman–Crippen LogP) is -3.20. The number of carbonyl (C=O) groups excluding carboxylic acids is 3. The third-order valence-electron chi connectivity index (χ3n) is 4.97. The van der Waals surface area contributed by atoms with Gasteiger partial charge in [0.2, 0.25) is 17.7 Å². The molecule has 3 amide bonds. The van der Waals surface area contributed by atoms with E-state index in [0.29, 0.717) is 25.1 Å². The molecule has 0 bridgehead atoms.